The molecule has 2 aliphatic rings. The van der Waals surface area contributed by atoms with Crippen LogP contribution in [0.1, 0.15) is 25.7 Å². The van der Waals surface area contributed by atoms with Gasteiger partial charge in [-0.3, -0.25) is 9.59 Å². The second kappa shape index (κ2) is 6.18. The minimum Gasteiger partial charge on any atom is -0.469 e. The number of carbonyl (C=O) groups excluding carboxylic acids is 2. The van der Waals surface area contributed by atoms with Gasteiger partial charge in [0.25, 0.3) is 0 Å². The van der Waals surface area contributed by atoms with Crippen LogP contribution in [0.4, 0.5) is 0 Å². The first-order valence-electron chi connectivity index (χ1n) is 6.64. The molecule has 0 aromatic rings. The molecule has 0 radical (unpaired) electrons. The van der Waals surface area contributed by atoms with Crippen molar-refractivity contribution in [3.05, 3.63) is 0 Å². The summed E-state index contributed by atoms with van der Waals surface area (Å²) >= 11 is 0. The summed E-state index contributed by atoms with van der Waals surface area (Å²) in [5, 5.41) is 0. The summed E-state index contributed by atoms with van der Waals surface area (Å²) in [5.41, 5.74) is 0. The maximum Gasteiger partial charge on any atom is 0.310 e. The fourth-order valence-corrected chi connectivity index (χ4v) is 2.69. The van der Waals surface area contributed by atoms with Crippen molar-refractivity contribution in [3.8, 4) is 0 Å². The van der Waals surface area contributed by atoms with Crippen LogP contribution in [0.15, 0.2) is 0 Å². The van der Waals surface area contributed by atoms with Crippen LogP contribution in [0.25, 0.3) is 0 Å². The van der Waals surface area contributed by atoms with Crippen LogP contribution in [0.5, 0.6) is 0 Å². The Kier molecular flexibility index (Phi) is 4.58. The number of methoxy groups -OCH3 is 1. The molecular weight excluding hydrogens is 234 g/mol. The van der Waals surface area contributed by atoms with Gasteiger partial charge in [0.2, 0.25) is 5.91 Å². The lowest BCUT2D eigenvalue weighted by Crippen LogP contribution is -2.30. The average Bonchev–Trinajstić information content (AvgIpc) is 2.78. The van der Waals surface area contributed by atoms with Crippen LogP contribution in [0.3, 0.4) is 0 Å². The molecule has 2 saturated heterocycles. The van der Waals surface area contributed by atoms with Gasteiger partial charge in [0.1, 0.15) is 0 Å². The Morgan fingerprint density at radius 3 is 2.83 bits per heavy atom. The van der Waals surface area contributed by atoms with Crippen molar-refractivity contribution in [1.29, 1.82) is 0 Å². The van der Waals surface area contributed by atoms with Crippen molar-refractivity contribution in [2.75, 3.05) is 33.4 Å². The molecule has 2 fully saturated rings. The van der Waals surface area contributed by atoms with Gasteiger partial charge in [-0.25, -0.2) is 0 Å². The van der Waals surface area contributed by atoms with Gasteiger partial charge < -0.3 is 14.4 Å². The van der Waals surface area contributed by atoms with Crippen molar-refractivity contribution >= 4 is 11.9 Å². The maximum absolute atomic E-state index is 11.8. The SMILES string of the molecule is COC(=O)C1CC(=O)N(CCC2CCOCC2)C1. The van der Waals surface area contributed by atoms with Crippen LogP contribution in [-0.4, -0.2) is 50.2 Å². The van der Waals surface area contributed by atoms with E-state index in [1.165, 1.54) is 7.11 Å². The van der Waals surface area contributed by atoms with Gasteiger partial charge in [-0.2, -0.15) is 0 Å². The zero-order valence-corrected chi connectivity index (χ0v) is 10.9. The monoisotopic (exact) mass is 255 g/mol. The second-order valence-corrected chi connectivity index (χ2v) is 5.11. The Morgan fingerprint density at radius 2 is 2.17 bits per heavy atom. The summed E-state index contributed by atoms with van der Waals surface area (Å²) in [5.74, 6) is 0.204. The first-order valence-corrected chi connectivity index (χ1v) is 6.64. The summed E-state index contributed by atoms with van der Waals surface area (Å²) in [6.07, 6.45) is 3.49. The summed E-state index contributed by atoms with van der Waals surface area (Å²) in [6, 6.07) is 0. The smallest absolute Gasteiger partial charge is 0.310 e. The van der Waals surface area contributed by atoms with E-state index in [1.807, 2.05) is 0 Å². The van der Waals surface area contributed by atoms with Crippen molar-refractivity contribution in [1.82, 2.24) is 4.90 Å². The average molecular weight is 255 g/mol. The molecule has 5 nitrogen and oxygen atoms in total. The Balaban J connectivity index is 1.76. The number of hydrogen-bond donors (Lipinski definition) is 0. The molecule has 2 aliphatic heterocycles. The van der Waals surface area contributed by atoms with Gasteiger partial charge in [-0.05, 0) is 25.2 Å². The molecule has 0 aromatic carbocycles. The van der Waals surface area contributed by atoms with Gasteiger partial charge in [0.15, 0.2) is 0 Å². The number of hydrogen-bond acceptors (Lipinski definition) is 4. The number of ether oxygens (including phenoxy) is 2. The highest BCUT2D eigenvalue weighted by molar-refractivity contribution is 5.86. The van der Waals surface area contributed by atoms with Crippen LogP contribution in [0.2, 0.25) is 0 Å². The van der Waals surface area contributed by atoms with Gasteiger partial charge in [-0.15, -0.1) is 0 Å². The van der Waals surface area contributed by atoms with E-state index in [0.29, 0.717) is 18.9 Å². The molecule has 0 bridgehead atoms. The van der Waals surface area contributed by atoms with Crippen LogP contribution < -0.4 is 0 Å². The lowest BCUT2D eigenvalue weighted by atomic mass is 9.96. The van der Waals surface area contributed by atoms with Gasteiger partial charge in [0, 0.05) is 32.7 Å². The highest BCUT2D eigenvalue weighted by Crippen LogP contribution is 2.23. The number of amides is 1. The molecule has 0 aliphatic carbocycles. The topological polar surface area (TPSA) is 55.8 Å². The quantitative estimate of drug-likeness (QED) is 0.698. The number of likely N-dealkylation sites (tertiary alicyclic amines) is 1. The molecule has 2 heterocycles. The fourth-order valence-electron chi connectivity index (χ4n) is 2.69. The molecule has 102 valence electrons. The van der Waals surface area contributed by atoms with E-state index in [1.54, 1.807) is 4.90 Å². The Labute approximate surface area is 107 Å². The van der Waals surface area contributed by atoms with E-state index in [0.717, 1.165) is 39.0 Å². The van der Waals surface area contributed by atoms with Crippen molar-refractivity contribution in [3.63, 3.8) is 0 Å². The third kappa shape index (κ3) is 3.22. The third-order valence-electron chi connectivity index (χ3n) is 3.90. The standard InChI is InChI=1S/C13H21NO4/c1-17-13(16)11-8-12(15)14(9-11)5-2-10-3-6-18-7-4-10/h10-11H,2-9H2,1H3. The van der Waals surface area contributed by atoms with E-state index < -0.39 is 0 Å². The number of nitrogens with zero attached hydrogens (tertiary/aromatic N) is 1. The molecule has 1 unspecified atom stereocenters. The lowest BCUT2D eigenvalue weighted by molar-refractivity contribution is -0.145. The Morgan fingerprint density at radius 1 is 1.44 bits per heavy atom. The maximum atomic E-state index is 11.8. The summed E-state index contributed by atoms with van der Waals surface area (Å²) in [7, 11) is 1.37. The molecule has 1 atom stereocenters. The molecule has 0 saturated carbocycles. The van der Waals surface area contributed by atoms with Gasteiger partial charge in [0.05, 0.1) is 13.0 Å². The van der Waals surface area contributed by atoms with Crippen LogP contribution in [0, 0.1) is 11.8 Å². The molecule has 18 heavy (non-hydrogen) atoms. The zero-order valence-electron chi connectivity index (χ0n) is 10.9. The minimum atomic E-state index is -0.267. The Hall–Kier alpha value is -1.10. The van der Waals surface area contributed by atoms with Crippen LogP contribution >= 0.6 is 0 Å². The molecule has 0 aromatic heterocycles. The first kappa shape index (κ1) is 13.3. The van der Waals surface area contributed by atoms with E-state index in [9.17, 15) is 9.59 Å². The molecule has 1 amide bonds. The number of carbonyl (C=O) groups is 2. The first-order chi connectivity index (χ1) is 8.70. The fraction of sp³-hybridized carbons (Fsp3) is 0.846. The molecule has 0 spiro atoms. The Bertz CT molecular complexity index is 312. The molecule has 0 N–H and O–H groups in total. The van der Waals surface area contributed by atoms with Crippen molar-refractivity contribution in [2.24, 2.45) is 11.8 Å². The van der Waals surface area contributed by atoms with Crippen molar-refractivity contribution < 1.29 is 19.1 Å². The molecule has 2 rings (SSSR count). The van der Waals surface area contributed by atoms with Gasteiger partial charge >= 0.3 is 5.97 Å². The van der Waals surface area contributed by atoms with Gasteiger partial charge in [-0.1, -0.05) is 0 Å². The van der Waals surface area contributed by atoms with E-state index in [-0.39, 0.29) is 17.8 Å². The number of rotatable bonds is 4. The lowest BCUT2D eigenvalue weighted by Gasteiger charge is -2.24. The van der Waals surface area contributed by atoms with Crippen molar-refractivity contribution in [2.45, 2.75) is 25.7 Å². The van der Waals surface area contributed by atoms with Crippen LogP contribution in [-0.2, 0) is 19.1 Å². The summed E-state index contributed by atoms with van der Waals surface area (Å²) in [6.45, 7) is 2.96. The largest absolute Gasteiger partial charge is 0.469 e. The normalized spacial score (nSPS) is 25.5. The predicted molar refractivity (Wildman–Crippen MR) is 64.9 cm³/mol. The second-order valence-electron chi connectivity index (χ2n) is 5.11. The summed E-state index contributed by atoms with van der Waals surface area (Å²) in [4.78, 5) is 25.0. The molecular formula is C13H21NO4. The minimum absolute atomic E-state index is 0.0810. The highest BCUT2D eigenvalue weighted by Gasteiger charge is 2.34. The van der Waals surface area contributed by atoms with E-state index >= 15 is 0 Å². The highest BCUT2D eigenvalue weighted by atomic mass is 16.5. The summed E-state index contributed by atoms with van der Waals surface area (Å²) < 4.78 is 10.0. The van der Waals surface area contributed by atoms with E-state index in [2.05, 4.69) is 0 Å². The predicted octanol–water partition coefficient (Wildman–Crippen LogP) is 0.825. The molecule has 5 heteroatoms. The number of esters is 1. The van der Waals surface area contributed by atoms with E-state index in [4.69, 9.17) is 9.47 Å². The zero-order chi connectivity index (χ0) is 13.0. The third-order valence-corrected chi connectivity index (χ3v) is 3.90.